The number of ether oxygens (including phenoxy) is 1. The Morgan fingerprint density at radius 3 is 2.45 bits per heavy atom. The van der Waals surface area contributed by atoms with Crippen molar-refractivity contribution in [1.29, 1.82) is 0 Å². The van der Waals surface area contributed by atoms with E-state index in [0.29, 0.717) is 6.42 Å². The second kappa shape index (κ2) is 12.9. The Kier molecular flexibility index (Phi) is 11.8. The molecule has 0 bridgehead atoms. The molecule has 22 heavy (non-hydrogen) atoms. The first-order valence-electron chi connectivity index (χ1n) is 7.86. The summed E-state index contributed by atoms with van der Waals surface area (Å²) < 4.78 is 4.74. The molecule has 0 aliphatic carbocycles. The standard InChI is InChI=1S/C16H28N2O4/c1-3-5-6-7-8-9-10-13(16(17)21)18-14(19)11-12-15(20)22-4-2/h3,13H,1,4-12H2,2H3,(H2,17,21)(H,18,19)/t13-/m1/s1. The maximum Gasteiger partial charge on any atom is 0.306 e. The molecule has 0 rings (SSSR count). The van der Waals surface area contributed by atoms with Crippen LogP contribution in [0.5, 0.6) is 0 Å². The van der Waals surface area contributed by atoms with Crippen molar-refractivity contribution in [2.24, 2.45) is 5.73 Å². The van der Waals surface area contributed by atoms with Crippen molar-refractivity contribution < 1.29 is 19.1 Å². The molecule has 126 valence electrons. The molecule has 0 spiro atoms. The van der Waals surface area contributed by atoms with Crippen LogP contribution in [0.1, 0.15) is 58.3 Å². The average Bonchev–Trinajstić information content (AvgIpc) is 2.47. The highest BCUT2D eigenvalue weighted by atomic mass is 16.5. The first-order chi connectivity index (χ1) is 10.5. The highest BCUT2D eigenvalue weighted by Crippen LogP contribution is 2.08. The second-order valence-electron chi connectivity index (χ2n) is 5.11. The van der Waals surface area contributed by atoms with Crippen LogP contribution in [0.4, 0.5) is 0 Å². The Bertz CT molecular complexity index is 369. The number of unbranched alkanes of at least 4 members (excludes halogenated alkanes) is 4. The van der Waals surface area contributed by atoms with Gasteiger partial charge in [-0.1, -0.05) is 25.3 Å². The third-order valence-electron chi connectivity index (χ3n) is 3.19. The van der Waals surface area contributed by atoms with Gasteiger partial charge in [0.15, 0.2) is 0 Å². The predicted molar refractivity (Wildman–Crippen MR) is 84.9 cm³/mol. The zero-order chi connectivity index (χ0) is 16.8. The average molecular weight is 312 g/mol. The van der Waals surface area contributed by atoms with Crippen LogP contribution >= 0.6 is 0 Å². The molecule has 3 N–H and O–H groups in total. The number of esters is 1. The SMILES string of the molecule is C=CCCCCCC[C@@H](NC(=O)CCC(=O)OCC)C(N)=O. The van der Waals surface area contributed by atoms with Crippen molar-refractivity contribution >= 4 is 17.8 Å². The normalized spacial score (nSPS) is 11.5. The summed E-state index contributed by atoms with van der Waals surface area (Å²) in [5.41, 5.74) is 5.29. The highest BCUT2D eigenvalue weighted by Gasteiger charge is 2.18. The molecule has 0 unspecified atom stereocenters. The van der Waals surface area contributed by atoms with Crippen molar-refractivity contribution in [2.45, 2.75) is 64.3 Å². The molecule has 0 aromatic heterocycles. The molecule has 0 saturated carbocycles. The van der Waals surface area contributed by atoms with Crippen molar-refractivity contribution in [3.05, 3.63) is 12.7 Å². The fourth-order valence-corrected chi connectivity index (χ4v) is 1.99. The summed E-state index contributed by atoms with van der Waals surface area (Å²) in [6.07, 6.45) is 7.35. The maximum absolute atomic E-state index is 11.7. The van der Waals surface area contributed by atoms with Gasteiger partial charge in [-0.05, 0) is 26.2 Å². The molecule has 0 aliphatic rings. The van der Waals surface area contributed by atoms with Crippen molar-refractivity contribution in [2.75, 3.05) is 6.61 Å². The van der Waals surface area contributed by atoms with Gasteiger partial charge in [-0.15, -0.1) is 6.58 Å². The van der Waals surface area contributed by atoms with Crippen molar-refractivity contribution in [3.63, 3.8) is 0 Å². The summed E-state index contributed by atoms with van der Waals surface area (Å²) >= 11 is 0. The monoisotopic (exact) mass is 312 g/mol. The van der Waals surface area contributed by atoms with Crippen molar-refractivity contribution in [1.82, 2.24) is 5.32 Å². The lowest BCUT2D eigenvalue weighted by molar-refractivity contribution is -0.144. The van der Waals surface area contributed by atoms with E-state index in [1.54, 1.807) is 6.92 Å². The first-order valence-corrected chi connectivity index (χ1v) is 7.86. The van der Waals surface area contributed by atoms with Gasteiger partial charge in [0.1, 0.15) is 6.04 Å². The zero-order valence-electron chi connectivity index (χ0n) is 13.4. The van der Waals surface area contributed by atoms with Gasteiger partial charge >= 0.3 is 5.97 Å². The Morgan fingerprint density at radius 1 is 1.18 bits per heavy atom. The van der Waals surface area contributed by atoms with Gasteiger partial charge < -0.3 is 15.8 Å². The van der Waals surface area contributed by atoms with Crippen LogP contribution in [0.3, 0.4) is 0 Å². The van der Waals surface area contributed by atoms with E-state index in [9.17, 15) is 14.4 Å². The predicted octanol–water partition coefficient (Wildman–Crippen LogP) is 1.83. The minimum absolute atomic E-state index is 0.00193. The number of rotatable bonds is 13. The summed E-state index contributed by atoms with van der Waals surface area (Å²) in [6.45, 7) is 5.65. The number of amides is 2. The van der Waals surface area contributed by atoms with Crippen LogP contribution in [0.2, 0.25) is 0 Å². The molecule has 0 heterocycles. The molecule has 0 saturated heterocycles. The first kappa shape index (κ1) is 20.1. The van der Waals surface area contributed by atoms with Gasteiger partial charge in [0.2, 0.25) is 11.8 Å². The van der Waals surface area contributed by atoms with E-state index >= 15 is 0 Å². The summed E-state index contributed by atoms with van der Waals surface area (Å²) in [4.78, 5) is 34.2. The van der Waals surface area contributed by atoms with E-state index in [1.165, 1.54) is 0 Å². The largest absolute Gasteiger partial charge is 0.466 e. The maximum atomic E-state index is 11.7. The smallest absolute Gasteiger partial charge is 0.306 e. The molecule has 0 fully saturated rings. The van der Waals surface area contributed by atoms with E-state index in [0.717, 1.165) is 32.1 Å². The summed E-state index contributed by atoms with van der Waals surface area (Å²) in [5.74, 6) is -1.32. The molecule has 0 radical (unpaired) electrons. The molecule has 1 atom stereocenters. The Balaban J connectivity index is 3.97. The lowest BCUT2D eigenvalue weighted by atomic mass is 10.1. The van der Waals surface area contributed by atoms with Crippen LogP contribution in [0, 0.1) is 0 Å². The van der Waals surface area contributed by atoms with Gasteiger partial charge in [0.25, 0.3) is 0 Å². The number of hydrogen-bond acceptors (Lipinski definition) is 4. The molecule has 0 aliphatic heterocycles. The fourth-order valence-electron chi connectivity index (χ4n) is 1.99. The van der Waals surface area contributed by atoms with E-state index in [1.807, 2.05) is 6.08 Å². The van der Waals surface area contributed by atoms with Crippen LogP contribution in [0.25, 0.3) is 0 Å². The topological polar surface area (TPSA) is 98.5 Å². The van der Waals surface area contributed by atoms with Gasteiger partial charge in [-0.25, -0.2) is 0 Å². The van der Waals surface area contributed by atoms with Gasteiger partial charge in [-0.3, -0.25) is 14.4 Å². The van der Waals surface area contributed by atoms with E-state index in [4.69, 9.17) is 10.5 Å². The Morgan fingerprint density at radius 2 is 1.86 bits per heavy atom. The third-order valence-corrected chi connectivity index (χ3v) is 3.19. The highest BCUT2D eigenvalue weighted by molar-refractivity contribution is 5.87. The number of hydrogen-bond donors (Lipinski definition) is 2. The molecular formula is C16H28N2O4. The van der Waals surface area contributed by atoms with E-state index < -0.39 is 17.9 Å². The number of carbonyl (C=O) groups is 3. The molecule has 0 aromatic rings. The lowest BCUT2D eigenvalue weighted by Crippen LogP contribution is -2.44. The van der Waals surface area contributed by atoms with Crippen molar-refractivity contribution in [3.8, 4) is 0 Å². The minimum Gasteiger partial charge on any atom is -0.466 e. The van der Waals surface area contributed by atoms with Crippen LogP contribution in [0.15, 0.2) is 12.7 Å². The van der Waals surface area contributed by atoms with E-state index in [2.05, 4.69) is 11.9 Å². The van der Waals surface area contributed by atoms with Gasteiger partial charge in [0.05, 0.1) is 13.0 Å². The summed E-state index contributed by atoms with van der Waals surface area (Å²) in [7, 11) is 0. The summed E-state index contributed by atoms with van der Waals surface area (Å²) in [5, 5.41) is 2.58. The lowest BCUT2D eigenvalue weighted by Gasteiger charge is -2.15. The zero-order valence-corrected chi connectivity index (χ0v) is 13.4. The molecular weight excluding hydrogens is 284 g/mol. The molecule has 0 aromatic carbocycles. The second-order valence-corrected chi connectivity index (χ2v) is 5.11. The fraction of sp³-hybridized carbons (Fsp3) is 0.688. The van der Waals surface area contributed by atoms with Gasteiger partial charge in [-0.2, -0.15) is 0 Å². The molecule has 6 heteroatoms. The number of nitrogens with two attached hydrogens (primary N) is 1. The van der Waals surface area contributed by atoms with Gasteiger partial charge in [0, 0.05) is 6.42 Å². The number of nitrogens with one attached hydrogen (secondary N) is 1. The number of carbonyl (C=O) groups excluding carboxylic acids is 3. The van der Waals surface area contributed by atoms with Crippen LogP contribution in [-0.4, -0.2) is 30.4 Å². The van der Waals surface area contributed by atoms with E-state index in [-0.39, 0.29) is 25.4 Å². The molecule has 2 amide bonds. The Labute approximate surface area is 132 Å². The van der Waals surface area contributed by atoms with Crippen LogP contribution in [-0.2, 0) is 19.1 Å². The van der Waals surface area contributed by atoms with Crippen LogP contribution < -0.4 is 11.1 Å². The Hall–Kier alpha value is -1.85. The summed E-state index contributed by atoms with van der Waals surface area (Å²) in [6, 6.07) is -0.672. The number of allylic oxidation sites excluding steroid dienone is 1. The third kappa shape index (κ3) is 10.9. The minimum atomic E-state index is -0.672. The number of primary amides is 1. The molecule has 6 nitrogen and oxygen atoms in total. The quantitative estimate of drug-likeness (QED) is 0.308.